The molecule has 2 aromatic heterocycles. The second-order valence-electron chi connectivity index (χ2n) is 6.72. The Morgan fingerprint density at radius 1 is 1.38 bits per heavy atom. The molecule has 1 aliphatic carbocycles. The number of carbonyl (C=O) groups is 1. The number of aliphatic hydroxyl groups is 1. The van der Waals surface area contributed by atoms with Crippen LogP contribution in [0.2, 0.25) is 0 Å². The number of carboxylic acids is 1. The van der Waals surface area contributed by atoms with Crippen molar-refractivity contribution in [1.82, 2.24) is 19.7 Å². The Morgan fingerprint density at radius 3 is 2.96 bits per heavy atom. The molecule has 138 valence electrons. The Bertz CT molecular complexity index is 866. The number of benzene rings is 1. The van der Waals surface area contributed by atoms with Crippen LogP contribution in [-0.2, 0) is 4.79 Å². The molecule has 0 spiro atoms. The summed E-state index contributed by atoms with van der Waals surface area (Å²) >= 11 is 0. The van der Waals surface area contributed by atoms with Gasteiger partial charge in [0.2, 0.25) is 0 Å². The van der Waals surface area contributed by atoms with Crippen molar-refractivity contribution in [2.24, 2.45) is 5.92 Å². The molecule has 3 aromatic rings. The third kappa shape index (κ3) is 4.11. The van der Waals surface area contributed by atoms with Crippen LogP contribution in [-0.4, -0.2) is 42.5 Å². The highest BCUT2D eigenvalue weighted by Crippen LogP contribution is 2.35. The molecule has 7 heteroatoms. The van der Waals surface area contributed by atoms with Gasteiger partial charge in [0.15, 0.2) is 0 Å². The van der Waals surface area contributed by atoms with E-state index in [1.54, 1.807) is 0 Å². The number of H-pyrrole nitrogens is 1. The predicted molar refractivity (Wildman–Crippen MR) is 98.7 cm³/mol. The highest BCUT2D eigenvalue weighted by Gasteiger charge is 2.24. The maximum absolute atomic E-state index is 9.45. The zero-order chi connectivity index (χ0) is 18.5. The van der Waals surface area contributed by atoms with Crippen LogP contribution in [0.3, 0.4) is 0 Å². The van der Waals surface area contributed by atoms with Gasteiger partial charge in [0.25, 0.3) is 5.97 Å². The normalized spacial score (nSPS) is 19.8. The number of aromatic amines is 1. The van der Waals surface area contributed by atoms with Gasteiger partial charge in [-0.3, -0.25) is 9.89 Å². The first-order chi connectivity index (χ1) is 12.6. The van der Waals surface area contributed by atoms with Crippen LogP contribution in [0.15, 0.2) is 36.8 Å². The van der Waals surface area contributed by atoms with Crippen molar-refractivity contribution in [2.75, 3.05) is 6.61 Å². The fourth-order valence-corrected chi connectivity index (χ4v) is 3.59. The fraction of sp³-hybridized carbons (Fsp3) is 0.421. The average molecular weight is 356 g/mol. The summed E-state index contributed by atoms with van der Waals surface area (Å²) in [7, 11) is 0. The Kier molecular flexibility index (Phi) is 5.68. The molecule has 1 saturated carbocycles. The molecule has 0 radical (unpaired) electrons. The van der Waals surface area contributed by atoms with Crippen LogP contribution < -0.4 is 0 Å². The first-order valence-corrected chi connectivity index (χ1v) is 8.85. The molecule has 4 rings (SSSR count). The van der Waals surface area contributed by atoms with Crippen molar-refractivity contribution >= 4 is 16.9 Å². The fourth-order valence-electron chi connectivity index (χ4n) is 3.59. The third-order valence-electron chi connectivity index (χ3n) is 4.78. The van der Waals surface area contributed by atoms with Gasteiger partial charge in [0.1, 0.15) is 5.82 Å². The minimum absolute atomic E-state index is 0.292. The van der Waals surface area contributed by atoms with E-state index in [4.69, 9.17) is 9.90 Å². The van der Waals surface area contributed by atoms with E-state index in [9.17, 15) is 5.11 Å². The zero-order valence-electron chi connectivity index (χ0n) is 14.8. The summed E-state index contributed by atoms with van der Waals surface area (Å²) in [5.74, 6) is 0.587. The SMILES string of the molecule is CC(=O)O.OC[C@@H]1CCC[C@@H](n2ccnc2-c2ccc3cn[nH]c3c2)C1. The minimum Gasteiger partial charge on any atom is -0.481 e. The van der Waals surface area contributed by atoms with E-state index in [-0.39, 0.29) is 0 Å². The van der Waals surface area contributed by atoms with Gasteiger partial charge < -0.3 is 14.8 Å². The lowest BCUT2D eigenvalue weighted by Gasteiger charge is -2.30. The lowest BCUT2D eigenvalue weighted by atomic mass is 9.86. The molecule has 1 fully saturated rings. The van der Waals surface area contributed by atoms with Gasteiger partial charge >= 0.3 is 0 Å². The molecule has 2 atom stereocenters. The number of hydrogen-bond acceptors (Lipinski definition) is 4. The van der Waals surface area contributed by atoms with E-state index in [0.717, 1.165) is 48.5 Å². The van der Waals surface area contributed by atoms with Gasteiger partial charge in [-0.05, 0) is 31.2 Å². The number of aliphatic carboxylic acids is 1. The van der Waals surface area contributed by atoms with E-state index >= 15 is 0 Å². The van der Waals surface area contributed by atoms with E-state index in [2.05, 4.69) is 44.1 Å². The monoisotopic (exact) mass is 356 g/mol. The van der Waals surface area contributed by atoms with Crippen LogP contribution in [0.1, 0.15) is 38.6 Å². The molecule has 2 heterocycles. The van der Waals surface area contributed by atoms with Crippen molar-refractivity contribution in [1.29, 1.82) is 0 Å². The zero-order valence-corrected chi connectivity index (χ0v) is 14.8. The molecular formula is C19H24N4O3. The summed E-state index contributed by atoms with van der Waals surface area (Å²) in [6, 6.07) is 6.71. The molecule has 26 heavy (non-hydrogen) atoms. The summed E-state index contributed by atoms with van der Waals surface area (Å²) in [5.41, 5.74) is 2.14. The molecule has 0 unspecified atom stereocenters. The summed E-state index contributed by atoms with van der Waals surface area (Å²) in [6.07, 6.45) is 10.3. The van der Waals surface area contributed by atoms with Gasteiger partial charge in [0.05, 0.1) is 11.7 Å². The van der Waals surface area contributed by atoms with Crippen molar-refractivity contribution in [2.45, 2.75) is 38.6 Å². The molecule has 0 bridgehead atoms. The number of carboxylic acid groups (broad SMARTS) is 1. The second-order valence-corrected chi connectivity index (χ2v) is 6.72. The number of nitrogens with zero attached hydrogens (tertiary/aromatic N) is 3. The summed E-state index contributed by atoms with van der Waals surface area (Å²) in [6.45, 7) is 1.38. The maximum atomic E-state index is 9.45. The first kappa shape index (κ1) is 18.1. The number of hydrogen-bond donors (Lipinski definition) is 3. The lowest BCUT2D eigenvalue weighted by Crippen LogP contribution is -2.21. The average Bonchev–Trinajstić information content (AvgIpc) is 3.29. The van der Waals surface area contributed by atoms with Crippen LogP contribution in [0.4, 0.5) is 0 Å². The third-order valence-corrected chi connectivity index (χ3v) is 4.78. The van der Waals surface area contributed by atoms with Crippen LogP contribution in [0, 0.1) is 5.92 Å². The van der Waals surface area contributed by atoms with E-state index < -0.39 is 5.97 Å². The quantitative estimate of drug-likeness (QED) is 0.668. The van der Waals surface area contributed by atoms with Gasteiger partial charge in [-0.1, -0.05) is 18.6 Å². The molecule has 1 aromatic carbocycles. The van der Waals surface area contributed by atoms with Crippen molar-refractivity contribution < 1.29 is 15.0 Å². The predicted octanol–water partition coefficient (Wildman–Crippen LogP) is 3.24. The number of rotatable bonds is 3. The smallest absolute Gasteiger partial charge is 0.300 e. The van der Waals surface area contributed by atoms with E-state index in [1.165, 1.54) is 6.42 Å². The van der Waals surface area contributed by atoms with Crippen LogP contribution in [0.5, 0.6) is 0 Å². The summed E-state index contributed by atoms with van der Waals surface area (Å²) < 4.78 is 2.28. The molecule has 0 amide bonds. The Morgan fingerprint density at radius 2 is 2.19 bits per heavy atom. The van der Waals surface area contributed by atoms with Gasteiger partial charge in [-0.25, -0.2) is 4.98 Å². The lowest BCUT2D eigenvalue weighted by molar-refractivity contribution is -0.134. The molecule has 7 nitrogen and oxygen atoms in total. The van der Waals surface area contributed by atoms with Crippen molar-refractivity contribution in [3.05, 3.63) is 36.8 Å². The first-order valence-electron chi connectivity index (χ1n) is 8.85. The Balaban J connectivity index is 0.000000447. The number of aliphatic hydroxyl groups excluding tert-OH is 1. The molecule has 0 aliphatic heterocycles. The molecular weight excluding hydrogens is 332 g/mol. The molecule has 3 N–H and O–H groups in total. The summed E-state index contributed by atoms with van der Waals surface area (Å²) in [4.78, 5) is 13.6. The molecule has 0 saturated heterocycles. The topological polar surface area (TPSA) is 104 Å². The van der Waals surface area contributed by atoms with Gasteiger partial charge in [-0.2, -0.15) is 5.10 Å². The van der Waals surface area contributed by atoms with Crippen LogP contribution in [0.25, 0.3) is 22.3 Å². The number of fused-ring (bicyclic) bond motifs is 1. The Labute approximate surface area is 151 Å². The van der Waals surface area contributed by atoms with Gasteiger partial charge in [0, 0.05) is 42.9 Å². The maximum Gasteiger partial charge on any atom is 0.300 e. The Hall–Kier alpha value is -2.67. The highest BCUT2D eigenvalue weighted by atomic mass is 16.4. The van der Waals surface area contributed by atoms with Crippen molar-refractivity contribution in [3.63, 3.8) is 0 Å². The minimum atomic E-state index is -0.833. The van der Waals surface area contributed by atoms with Crippen LogP contribution >= 0.6 is 0 Å². The summed E-state index contributed by atoms with van der Waals surface area (Å²) in [5, 5.41) is 25.1. The van der Waals surface area contributed by atoms with E-state index in [1.807, 2.05) is 12.4 Å². The number of nitrogens with one attached hydrogen (secondary N) is 1. The van der Waals surface area contributed by atoms with Crippen molar-refractivity contribution in [3.8, 4) is 11.4 Å². The highest BCUT2D eigenvalue weighted by molar-refractivity contribution is 5.82. The largest absolute Gasteiger partial charge is 0.481 e. The number of aromatic nitrogens is 4. The van der Waals surface area contributed by atoms with Gasteiger partial charge in [-0.15, -0.1) is 0 Å². The second kappa shape index (κ2) is 8.14. The standard InChI is InChI=1S/C17H20N4O.C2H4O2/c22-11-12-2-1-3-15(8-12)21-7-6-18-17(21)13-4-5-14-10-19-20-16(14)9-13;1-2(3)4/h4-7,9-10,12,15,22H,1-3,8,11H2,(H,19,20);1H3,(H,3,4)/t12-,15-;/m1./s1. The molecule has 1 aliphatic rings. The number of imidazole rings is 1. The van der Waals surface area contributed by atoms with E-state index in [0.29, 0.717) is 18.6 Å².